The van der Waals surface area contributed by atoms with Crippen LogP contribution in [0.25, 0.3) is 0 Å². The molecule has 0 saturated carbocycles. The molecule has 0 amide bonds. The number of rotatable bonds is 3. The number of hydrogen-bond donors (Lipinski definition) is 1. The van der Waals surface area contributed by atoms with Crippen LogP contribution in [0.15, 0.2) is 17.1 Å². The molecule has 100 valence electrons. The lowest BCUT2D eigenvalue weighted by Crippen LogP contribution is -2.29. The van der Waals surface area contributed by atoms with Gasteiger partial charge in [-0.2, -0.15) is 4.98 Å². The van der Waals surface area contributed by atoms with Crippen LogP contribution in [0.3, 0.4) is 0 Å². The quantitative estimate of drug-likeness (QED) is 0.889. The van der Waals surface area contributed by atoms with E-state index >= 15 is 0 Å². The van der Waals surface area contributed by atoms with Gasteiger partial charge in [-0.15, -0.1) is 0 Å². The van der Waals surface area contributed by atoms with Crippen molar-refractivity contribution in [3.05, 3.63) is 22.7 Å². The summed E-state index contributed by atoms with van der Waals surface area (Å²) in [5, 5.41) is 0. The third-order valence-electron chi connectivity index (χ3n) is 3.92. The number of nitrogen functional groups attached to an aromatic ring is 1. The van der Waals surface area contributed by atoms with Crippen molar-refractivity contribution < 1.29 is 4.74 Å². The molecule has 1 unspecified atom stereocenters. The maximum atomic E-state index is 11.9. The second-order valence-corrected chi connectivity index (χ2v) is 4.95. The topological polar surface area (TPSA) is 70.1 Å². The monoisotopic (exact) mass is 251 g/mol. The number of hydrogen-bond acceptors (Lipinski definition) is 4. The number of nitrogens with zero attached hydrogens (tertiary/aromatic N) is 2. The third kappa shape index (κ3) is 2.14. The van der Waals surface area contributed by atoms with Crippen LogP contribution in [0.4, 0.5) is 5.82 Å². The average molecular weight is 251 g/mol. The molecule has 18 heavy (non-hydrogen) atoms. The highest BCUT2D eigenvalue weighted by Crippen LogP contribution is 2.41. The van der Waals surface area contributed by atoms with Crippen molar-refractivity contribution in [1.29, 1.82) is 0 Å². The molecule has 5 nitrogen and oxygen atoms in total. The van der Waals surface area contributed by atoms with E-state index in [4.69, 9.17) is 10.5 Å². The van der Waals surface area contributed by atoms with Gasteiger partial charge in [-0.3, -0.25) is 4.57 Å². The maximum Gasteiger partial charge on any atom is 0.351 e. The van der Waals surface area contributed by atoms with Gasteiger partial charge in [0.1, 0.15) is 12.0 Å². The van der Waals surface area contributed by atoms with E-state index in [-0.39, 0.29) is 23.8 Å². The Morgan fingerprint density at radius 3 is 2.67 bits per heavy atom. The van der Waals surface area contributed by atoms with Gasteiger partial charge < -0.3 is 10.5 Å². The zero-order valence-electron chi connectivity index (χ0n) is 11.2. The molecule has 5 heteroatoms. The van der Waals surface area contributed by atoms with Gasteiger partial charge in [0.25, 0.3) is 0 Å². The van der Waals surface area contributed by atoms with Gasteiger partial charge >= 0.3 is 5.69 Å². The van der Waals surface area contributed by atoms with E-state index in [2.05, 4.69) is 25.8 Å². The molecule has 1 aliphatic rings. The molecule has 2 rings (SSSR count). The maximum absolute atomic E-state index is 11.9. The fourth-order valence-electron chi connectivity index (χ4n) is 2.93. The second-order valence-electron chi connectivity index (χ2n) is 4.95. The van der Waals surface area contributed by atoms with Crippen LogP contribution >= 0.6 is 0 Å². The van der Waals surface area contributed by atoms with E-state index in [1.165, 1.54) is 0 Å². The Morgan fingerprint density at radius 1 is 1.44 bits per heavy atom. The first-order chi connectivity index (χ1) is 8.58. The lowest BCUT2D eigenvalue weighted by molar-refractivity contribution is -0.0174. The number of aromatic nitrogens is 2. The third-order valence-corrected chi connectivity index (χ3v) is 3.92. The van der Waals surface area contributed by atoms with E-state index in [0.29, 0.717) is 11.8 Å². The van der Waals surface area contributed by atoms with Crippen LogP contribution in [-0.4, -0.2) is 15.7 Å². The highest BCUT2D eigenvalue weighted by Gasteiger charge is 2.40. The Bertz CT molecular complexity index is 472. The summed E-state index contributed by atoms with van der Waals surface area (Å²) in [5.41, 5.74) is 5.17. The van der Waals surface area contributed by atoms with Gasteiger partial charge in [-0.05, 0) is 18.4 Å². The number of ether oxygens (including phenoxy) is 1. The van der Waals surface area contributed by atoms with Crippen molar-refractivity contribution in [1.82, 2.24) is 9.55 Å². The summed E-state index contributed by atoms with van der Waals surface area (Å²) >= 11 is 0. The van der Waals surface area contributed by atoms with Gasteiger partial charge in [0.2, 0.25) is 0 Å². The van der Waals surface area contributed by atoms with Gasteiger partial charge in [-0.25, -0.2) is 4.79 Å². The van der Waals surface area contributed by atoms with Crippen LogP contribution in [-0.2, 0) is 4.74 Å². The summed E-state index contributed by atoms with van der Waals surface area (Å²) in [6.45, 7) is 6.42. The number of nitrogens with two attached hydrogens (primary N) is 1. The second kappa shape index (κ2) is 5.10. The van der Waals surface area contributed by atoms with E-state index in [1.807, 2.05) is 0 Å². The molecular formula is C13H21N3O2. The lowest BCUT2D eigenvalue weighted by atomic mass is 9.87. The molecule has 0 radical (unpaired) electrons. The summed E-state index contributed by atoms with van der Waals surface area (Å²) in [5.74, 6) is 1.05. The predicted molar refractivity (Wildman–Crippen MR) is 70.1 cm³/mol. The molecule has 0 aromatic carbocycles. The van der Waals surface area contributed by atoms with Crippen LogP contribution in [0.1, 0.15) is 39.8 Å². The summed E-state index contributed by atoms with van der Waals surface area (Å²) in [6, 6.07) is 1.64. The highest BCUT2D eigenvalue weighted by atomic mass is 16.5. The molecular weight excluding hydrogens is 230 g/mol. The minimum absolute atomic E-state index is 0.222. The molecule has 1 fully saturated rings. The van der Waals surface area contributed by atoms with Gasteiger partial charge in [0, 0.05) is 12.1 Å². The van der Waals surface area contributed by atoms with Crippen molar-refractivity contribution in [2.75, 3.05) is 5.73 Å². The Kier molecular flexibility index (Phi) is 3.71. The van der Waals surface area contributed by atoms with Crippen LogP contribution in [0.2, 0.25) is 0 Å². The van der Waals surface area contributed by atoms with Crippen LogP contribution in [0.5, 0.6) is 0 Å². The first-order valence-corrected chi connectivity index (χ1v) is 6.58. The molecule has 4 atom stereocenters. The summed E-state index contributed by atoms with van der Waals surface area (Å²) in [6.07, 6.45) is 3.71. The van der Waals surface area contributed by atoms with E-state index in [9.17, 15) is 4.79 Å². The average Bonchev–Trinajstić information content (AvgIpc) is 2.66. The molecule has 0 bridgehead atoms. The highest BCUT2D eigenvalue weighted by molar-refractivity contribution is 5.23. The Hall–Kier alpha value is -1.36. The first-order valence-electron chi connectivity index (χ1n) is 6.58. The number of anilines is 1. The standard InChI is InChI=1S/C13H21N3O2/c1-4-9-8(3)12(18-10(9)5-2)16-7-6-11(14)15-13(16)17/h6-10,12H,4-5H2,1-3H3,(H2,14,15,17)/t8-,9?,10+,12+/m0/s1. The van der Waals surface area contributed by atoms with E-state index in [0.717, 1.165) is 12.8 Å². The summed E-state index contributed by atoms with van der Waals surface area (Å²) in [4.78, 5) is 15.6. The minimum Gasteiger partial charge on any atom is -0.383 e. The normalized spacial score (nSPS) is 31.7. The Morgan fingerprint density at radius 2 is 2.17 bits per heavy atom. The van der Waals surface area contributed by atoms with Crippen molar-refractivity contribution >= 4 is 5.82 Å². The van der Waals surface area contributed by atoms with Gasteiger partial charge in [-0.1, -0.05) is 27.2 Å². The molecule has 1 saturated heterocycles. The summed E-state index contributed by atoms with van der Waals surface area (Å²) < 4.78 is 7.57. The zero-order valence-corrected chi connectivity index (χ0v) is 11.2. The molecule has 1 aliphatic heterocycles. The molecule has 0 spiro atoms. The molecule has 2 N–H and O–H groups in total. The van der Waals surface area contributed by atoms with Gasteiger partial charge in [0.05, 0.1) is 6.10 Å². The molecule has 2 heterocycles. The van der Waals surface area contributed by atoms with Crippen molar-refractivity contribution in [2.24, 2.45) is 11.8 Å². The lowest BCUT2D eigenvalue weighted by Gasteiger charge is -2.19. The fourth-order valence-corrected chi connectivity index (χ4v) is 2.93. The SMILES string of the molecule is CCC1[C@@H](CC)O[C@@H](n2ccc(N)nc2=O)[C@H]1C. The van der Waals surface area contributed by atoms with Crippen LogP contribution in [0, 0.1) is 11.8 Å². The molecule has 0 aliphatic carbocycles. The summed E-state index contributed by atoms with van der Waals surface area (Å²) in [7, 11) is 0. The van der Waals surface area contributed by atoms with Gasteiger partial charge in [0.15, 0.2) is 0 Å². The van der Waals surface area contributed by atoms with Crippen LogP contribution < -0.4 is 11.4 Å². The zero-order chi connectivity index (χ0) is 13.3. The molecule has 1 aromatic rings. The largest absolute Gasteiger partial charge is 0.383 e. The molecule has 1 aromatic heterocycles. The fraction of sp³-hybridized carbons (Fsp3) is 0.692. The van der Waals surface area contributed by atoms with Crippen molar-refractivity contribution in [2.45, 2.75) is 45.9 Å². The minimum atomic E-state index is -0.335. The smallest absolute Gasteiger partial charge is 0.351 e. The van der Waals surface area contributed by atoms with E-state index < -0.39 is 0 Å². The first kappa shape index (κ1) is 13.1. The Labute approximate surface area is 107 Å². The van der Waals surface area contributed by atoms with Crippen molar-refractivity contribution in [3.8, 4) is 0 Å². The Balaban J connectivity index is 2.32. The predicted octanol–water partition coefficient (Wildman–Crippen LogP) is 1.80. The van der Waals surface area contributed by atoms with E-state index in [1.54, 1.807) is 16.8 Å². The van der Waals surface area contributed by atoms with Crippen molar-refractivity contribution in [3.63, 3.8) is 0 Å².